The normalized spacial score (nSPS) is 14.2. The number of benzene rings is 1. The molecule has 0 aromatic heterocycles. The first-order valence-corrected chi connectivity index (χ1v) is 17.0. The Kier molecular flexibility index (Phi) is 29.9. The summed E-state index contributed by atoms with van der Waals surface area (Å²) in [7, 11) is 0.511. The Bertz CT molecular complexity index is 652. The monoisotopic (exact) mass is 558 g/mol. The van der Waals surface area contributed by atoms with Crippen molar-refractivity contribution in [3.63, 3.8) is 0 Å². The van der Waals surface area contributed by atoms with Crippen LogP contribution in [0.4, 0.5) is 0 Å². The predicted octanol–water partition coefficient (Wildman–Crippen LogP) is 10.8. The molecule has 1 nitrogen and oxygen atoms in total. The molecule has 37 heavy (non-hydrogen) atoms. The largest absolute Gasteiger partial charge is 2.00 e. The van der Waals surface area contributed by atoms with Crippen molar-refractivity contribution in [2.24, 2.45) is 5.92 Å². The van der Waals surface area contributed by atoms with Crippen molar-refractivity contribution < 1.29 is 21.7 Å². The average molecular weight is 559 g/mol. The zero-order valence-corrected chi connectivity index (χ0v) is 28.3. The first-order valence-electron chi connectivity index (χ1n) is 15.2. The molecule has 1 unspecified atom stereocenters. The molecule has 1 atom stereocenters. The fraction of sp³-hybridized carbons (Fsp3) is 0.706. The number of unbranched alkanes of at least 4 members (excludes halogenated alkanes) is 15. The minimum absolute atomic E-state index is 0. The Labute approximate surface area is 250 Å². The molecule has 1 aliphatic carbocycles. The van der Waals surface area contributed by atoms with E-state index in [2.05, 4.69) is 77.6 Å². The van der Waals surface area contributed by atoms with E-state index < -0.39 is 0 Å². The summed E-state index contributed by atoms with van der Waals surface area (Å²) in [6, 6.07) is 10.6. The molecule has 0 saturated heterocycles. The third kappa shape index (κ3) is 23.2. The zero-order valence-electron chi connectivity index (χ0n) is 25.6. The second-order valence-electron chi connectivity index (χ2n) is 10.6. The third-order valence-electron chi connectivity index (χ3n) is 7.40. The first-order chi connectivity index (χ1) is 17.5. The predicted molar refractivity (Wildman–Crippen MR) is 168 cm³/mol. The first kappa shape index (κ1) is 38.7. The molecule has 2 rings (SSSR count). The molecular weight excluding hydrogens is 498 g/mol. The zero-order chi connectivity index (χ0) is 26.9. The second-order valence-corrected chi connectivity index (χ2v) is 11.8. The molecule has 1 aliphatic rings. The van der Waals surface area contributed by atoms with Crippen LogP contribution < -0.4 is 5.19 Å². The topological polar surface area (TPSA) is 23.8 Å². The average Bonchev–Trinajstić information content (AvgIpc) is 3.12. The van der Waals surface area contributed by atoms with Crippen molar-refractivity contribution in [1.82, 2.24) is 0 Å². The molecule has 0 amide bonds. The molecule has 1 aromatic rings. The molecule has 0 bridgehead atoms. The Hall–Kier alpha value is -0.409. The van der Waals surface area contributed by atoms with Gasteiger partial charge in [0.1, 0.15) is 0 Å². The van der Waals surface area contributed by atoms with Gasteiger partial charge in [-0.25, -0.2) is 5.57 Å². The van der Waals surface area contributed by atoms with Crippen LogP contribution in [0, 0.1) is 12.0 Å². The molecule has 1 aromatic carbocycles. The van der Waals surface area contributed by atoms with Gasteiger partial charge in [0.25, 0.3) is 0 Å². The van der Waals surface area contributed by atoms with Gasteiger partial charge < -0.3 is 5.73 Å². The van der Waals surface area contributed by atoms with Gasteiger partial charge in [0.15, 0.2) is 0 Å². The summed E-state index contributed by atoms with van der Waals surface area (Å²) >= 11 is 0. The van der Waals surface area contributed by atoms with E-state index in [-0.39, 0.29) is 21.7 Å². The van der Waals surface area contributed by atoms with Crippen molar-refractivity contribution in [3.05, 3.63) is 58.9 Å². The van der Waals surface area contributed by atoms with E-state index in [0.717, 1.165) is 6.42 Å². The number of rotatable bonds is 17. The van der Waals surface area contributed by atoms with Crippen molar-refractivity contribution in [2.75, 3.05) is 6.54 Å². The molecule has 209 valence electrons. The second kappa shape index (κ2) is 28.6. The van der Waals surface area contributed by atoms with Gasteiger partial charge in [0.05, 0.1) is 9.52 Å². The van der Waals surface area contributed by atoms with Crippen molar-refractivity contribution in [1.29, 1.82) is 0 Å². The standard InChI is InChI=1S/C18H38N.C9H13.C7H9Si.Ti/c1-2-3-4-5-6-7-8-9-10-11-12-13-14-15-16-17-18-19;1-6-5-7(2)9(4)8(6)3;1-8-7-5-3-2-4-6-7;/h19H,2-18H2,1H3;6H,1-4H3;2-6,8H,1H3;/q2*-1;;+2. The van der Waals surface area contributed by atoms with Crippen molar-refractivity contribution in [2.45, 2.75) is 144 Å². The summed E-state index contributed by atoms with van der Waals surface area (Å²) in [4.78, 5) is 0. The van der Waals surface area contributed by atoms with Gasteiger partial charge in [0.2, 0.25) is 0 Å². The summed E-state index contributed by atoms with van der Waals surface area (Å²) in [5.74, 6) is 0.560. The van der Waals surface area contributed by atoms with E-state index in [4.69, 9.17) is 5.73 Å². The maximum Gasteiger partial charge on any atom is 2.00 e. The molecule has 1 radical (unpaired) electrons. The minimum Gasteiger partial charge on any atom is -0.677 e. The molecule has 0 heterocycles. The van der Waals surface area contributed by atoms with Crippen molar-refractivity contribution >= 4 is 14.7 Å². The minimum atomic E-state index is 0. The van der Waals surface area contributed by atoms with Crippen LogP contribution in [0.25, 0.3) is 5.73 Å². The van der Waals surface area contributed by atoms with Gasteiger partial charge in [-0.05, 0) is 0 Å². The summed E-state index contributed by atoms with van der Waals surface area (Å²) < 4.78 is 0. The van der Waals surface area contributed by atoms with Crippen LogP contribution in [0.1, 0.15) is 137 Å². The maximum absolute atomic E-state index is 7.08. The van der Waals surface area contributed by atoms with Crippen LogP contribution >= 0.6 is 0 Å². The van der Waals surface area contributed by atoms with Crippen LogP contribution in [0.15, 0.2) is 47.1 Å². The van der Waals surface area contributed by atoms with E-state index in [0.29, 0.717) is 22.0 Å². The Morgan fingerprint density at radius 2 is 1.11 bits per heavy atom. The van der Waals surface area contributed by atoms with Crippen molar-refractivity contribution in [3.8, 4) is 0 Å². The van der Waals surface area contributed by atoms with Crippen LogP contribution in [0.3, 0.4) is 0 Å². The van der Waals surface area contributed by atoms with Crippen LogP contribution in [-0.4, -0.2) is 16.1 Å². The molecule has 3 heteroatoms. The number of hydrogen-bond acceptors (Lipinski definition) is 0. The van der Waals surface area contributed by atoms with Crippen LogP contribution in [-0.2, 0) is 21.7 Å². The number of hydrogen-bond donors (Lipinski definition) is 0. The Morgan fingerprint density at radius 1 is 0.703 bits per heavy atom. The van der Waals surface area contributed by atoms with Crippen LogP contribution in [0.2, 0.25) is 6.55 Å². The molecule has 1 N–H and O–H groups in total. The van der Waals surface area contributed by atoms with E-state index in [1.54, 1.807) is 0 Å². The summed E-state index contributed by atoms with van der Waals surface area (Å²) in [5.41, 5.74) is 11.3. The summed E-state index contributed by atoms with van der Waals surface area (Å²) in [5, 5.41) is 1.49. The van der Waals surface area contributed by atoms with Gasteiger partial charge in [-0.2, -0.15) is 17.7 Å². The Morgan fingerprint density at radius 3 is 1.35 bits per heavy atom. The quantitative estimate of drug-likeness (QED) is 0.103. The van der Waals surface area contributed by atoms with Gasteiger partial charge in [-0.3, -0.25) is 6.08 Å². The van der Waals surface area contributed by atoms with Gasteiger partial charge in [-0.15, -0.1) is 6.92 Å². The van der Waals surface area contributed by atoms with Crippen LogP contribution in [0.5, 0.6) is 0 Å². The maximum atomic E-state index is 7.08. The van der Waals surface area contributed by atoms with E-state index in [1.807, 2.05) is 0 Å². The van der Waals surface area contributed by atoms with Gasteiger partial charge in [0, 0.05) is 0 Å². The Balaban J connectivity index is 0. The SMILES string of the molecule is CC1=[C-]C(C)C(C)=C1C.CCCCCCCCCCCCCCCCCC[NH-].C[SiH]c1ccccc1.[Ti+2]. The molecule has 0 fully saturated rings. The number of allylic oxidation sites excluding steroid dienone is 4. The molecular formula is C34H60NSiTi. The van der Waals surface area contributed by atoms with Gasteiger partial charge >= 0.3 is 21.7 Å². The van der Waals surface area contributed by atoms with E-state index >= 15 is 0 Å². The van der Waals surface area contributed by atoms with E-state index in [9.17, 15) is 0 Å². The fourth-order valence-corrected chi connectivity index (χ4v) is 5.09. The van der Waals surface area contributed by atoms with Gasteiger partial charge in [-0.1, -0.05) is 178 Å². The molecule has 0 spiro atoms. The van der Waals surface area contributed by atoms with E-state index in [1.165, 1.54) is 118 Å². The third-order valence-corrected chi connectivity index (χ3v) is 8.45. The smallest absolute Gasteiger partial charge is 0.677 e. The molecule has 0 saturated carbocycles. The fourth-order valence-electron chi connectivity index (χ4n) is 4.48. The summed E-state index contributed by atoms with van der Waals surface area (Å²) in [6.07, 6.45) is 25.9. The number of nitrogens with one attached hydrogen (secondary N) is 1. The molecule has 0 aliphatic heterocycles. The summed E-state index contributed by atoms with van der Waals surface area (Å²) in [6.45, 7) is 13.8.